The van der Waals surface area contributed by atoms with Gasteiger partial charge in [-0.1, -0.05) is 0 Å². The summed E-state index contributed by atoms with van der Waals surface area (Å²) in [6.45, 7) is 0. The Morgan fingerprint density at radius 3 is 3.07 bits per heavy atom. The third-order valence-corrected chi connectivity index (χ3v) is 3.23. The van der Waals surface area contributed by atoms with Gasteiger partial charge in [0.15, 0.2) is 0 Å². The van der Waals surface area contributed by atoms with Crippen molar-refractivity contribution in [2.75, 3.05) is 0 Å². The Morgan fingerprint density at radius 2 is 2.40 bits per heavy atom. The molecule has 1 aromatic heterocycles. The Hall–Kier alpha value is -1.32. The Morgan fingerprint density at radius 1 is 1.53 bits per heavy atom. The van der Waals surface area contributed by atoms with Gasteiger partial charge in [-0.15, -0.1) is 0 Å². The predicted octanol–water partition coefficient (Wildman–Crippen LogP) is 2.09. The Bertz CT molecular complexity index is 321. The summed E-state index contributed by atoms with van der Waals surface area (Å²) >= 11 is 0. The number of imidazole rings is 1. The number of nitrogens with zero attached hydrogens (tertiary/aromatic N) is 2. The van der Waals surface area contributed by atoms with Crippen LogP contribution in [-0.4, -0.2) is 20.6 Å². The van der Waals surface area contributed by atoms with Crippen LogP contribution in [0, 0.1) is 5.92 Å². The molecule has 1 aliphatic rings. The second kappa shape index (κ2) is 4.47. The maximum absolute atomic E-state index is 10.5. The molecule has 1 N–H and O–H groups in total. The van der Waals surface area contributed by atoms with Crippen molar-refractivity contribution >= 4 is 5.97 Å². The zero-order valence-electron chi connectivity index (χ0n) is 8.67. The van der Waals surface area contributed by atoms with Gasteiger partial charge in [-0.2, -0.15) is 0 Å². The lowest BCUT2D eigenvalue weighted by Gasteiger charge is -2.11. The lowest BCUT2D eigenvalue weighted by atomic mass is 10.0. The predicted molar refractivity (Wildman–Crippen MR) is 55.5 cm³/mol. The molecule has 1 fully saturated rings. The van der Waals surface area contributed by atoms with E-state index in [4.69, 9.17) is 5.11 Å². The maximum atomic E-state index is 10.5. The Balaban J connectivity index is 1.82. The number of aliphatic carboxylic acids is 1. The van der Waals surface area contributed by atoms with Crippen LogP contribution in [0.25, 0.3) is 0 Å². The summed E-state index contributed by atoms with van der Waals surface area (Å²) in [4.78, 5) is 14.5. The zero-order chi connectivity index (χ0) is 10.7. The smallest absolute Gasteiger partial charge is 0.303 e. The number of hydrogen-bond donors (Lipinski definition) is 1. The summed E-state index contributed by atoms with van der Waals surface area (Å²) in [5, 5.41) is 8.61. The van der Waals surface area contributed by atoms with E-state index in [9.17, 15) is 4.79 Å². The average Bonchev–Trinajstić information content (AvgIpc) is 2.85. The molecule has 0 aliphatic heterocycles. The minimum Gasteiger partial charge on any atom is -0.481 e. The van der Waals surface area contributed by atoms with Gasteiger partial charge >= 0.3 is 5.97 Å². The van der Waals surface area contributed by atoms with Gasteiger partial charge in [0.25, 0.3) is 0 Å². The molecule has 1 aromatic rings. The van der Waals surface area contributed by atoms with Gasteiger partial charge in [0.2, 0.25) is 0 Å². The molecular weight excluding hydrogens is 192 g/mol. The Kier molecular flexibility index (Phi) is 3.04. The number of aromatic nitrogens is 2. The first kappa shape index (κ1) is 10.2. The largest absolute Gasteiger partial charge is 0.481 e. The molecule has 2 unspecified atom stereocenters. The van der Waals surface area contributed by atoms with Crippen LogP contribution in [0.5, 0.6) is 0 Å². The summed E-state index contributed by atoms with van der Waals surface area (Å²) in [7, 11) is 0. The minimum absolute atomic E-state index is 0.307. The van der Waals surface area contributed by atoms with E-state index in [-0.39, 0.29) is 0 Å². The molecule has 2 rings (SSSR count). The molecule has 0 radical (unpaired) electrons. The molecular formula is C11H16N2O2. The van der Waals surface area contributed by atoms with Crippen LogP contribution in [0.4, 0.5) is 0 Å². The molecule has 0 saturated heterocycles. The molecule has 82 valence electrons. The van der Waals surface area contributed by atoms with E-state index in [1.165, 1.54) is 0 Å². The van der Waals surface area contributed by atoms with Crippen molar-refractivity contribution in [1.82, 2.24) is 9.55 Å². The third kappa shape index (κ3) is 2.58. The fourth-order valence-corrected chi connectivity index (χ4v) is 2.39. The van der Waals surface area contributed by atoms with Crippen molar-refractivity contribution in [2.24, 2.45) is 5.92 Å². The number of carbonyl (C=O) groups is 1. The van der Waals surface area contributed by atoms with Crippen LogP contribution in [0.15, 0.2) is 18.7 Å². The van der Waals surface area contributed by atoms with Crippen LogP contribution in [0.3, 0.4) is 0 Å². The summed E-state index contributed by atoms with van der Waals surface area (Å²) in [5.74, 6) is -0.102. The van der Waals surface area contributed by atoms with Crippen molar-refractivity contribution in [1.29, 1.82) is 0 Å². The monoisotopic (exact) mass is 208 g/mol. The van der Waals surface area contributed by atoms with Crippen molar-refractivity contribution in [3.63, 3.8) is 0 Å². The van der Waals surface area contributed by atoms with Crippen molar-refractivity contribution < 1.29 is 9.90 Å². The molecule has 0 spiro atoms. The van der Waals surface area contributed by atoms with Crippen LogP contribution >= 0.6 is 0 Å². The highest BCUT2D eigenvalue weighted by atomic mass is 16.4. The molecule has 1 aliphatic carbocycles. The Labute approximate surface area is 88.9 Å². The molecule has 0 aromatic carbocycles. The molecule has 0 bridgehead atoms. The number of rotatable bonds is 4. The van der Waals surface area contributed by atoms with E-state index in [1.807, 2.05) is 12.5 Å². The standard InChI is InChI=1S/C11H16N2O2/c14-11(15)4-2-9-1-3-10(7-9)13-6-5-12-8-13/h5-6,8-10H,1-4,7H2,(H,14,15). The van der Waals surface area contributed by atoms with Gasteiger partial charge in [0, 0.05) is 24.9 Å². The highest BCUT2D eigenvalue weighted by molar-refractivity contribution is 5.66. The second-order valence-electron chi connectivity index (χ2n) is 4.28. The highest BCUT2D eigenvalue weighted by Gasteiger charge is 2.25. The van der Waals surface area contributed by atoms with Gasteiger partial charge < -0.3 is 9.67 Å². The molecule has 2 atom stereocenters. The molecule has 0 amide bonds. The quantitative estimate of drug-likeness (QED) is 0.824. The van der Waals surface area contributed by atoms with Crippen LogP contribution in [0.1, 0.15) is 38.1 Å². The van der Waals surface area contributed by atoms with Crippen molar-refractivity contribution in [2.45, 2.75) is 38.1 Å². The van der Waals surface area contributed by atoms with Crippen molar-refractivity contribution in [3.05, 3.63) is 18.7 Å². The molecule has 1 heterocycles. The van der Waals surface area contributed by atoms with Crippen LogP contribution in [0.2, 0.25) is 0 Å². The number of carboxylic acid groups (broad SMARTS) is 1. The number of hydrogen-bond acceptors (Lipinski definition) is 2. The maximum Gasteiger partial charge on any atom is 0.303 e. The first-order chi connectivity index (χ1) is 7.25. The van der Waals surface area contributed by atoms with E-state index in [0.29, 0.717) is 18.4 Å². The van der Waals surface area contributed by atoms with E-state index in [2.05, 4.69) is 9.55 Å². The minimum atomic E-state index is -0.680. The fourth-order valence-electron chi connectivity index (χ4n) is 2.39. The normalized spacial score (nSPS) is 25.6. The third-order valence-electron chi connectivity index (χ3n) is 3.23. The van der Waals surface area contributed by atoms with E-state index < -0.39 is 5.97 Å². The number of carboxylic acids is 1. The molecule has 4 heteroatoms. The van der Waals surface area contributed by atoms with Gasteiger partial charge in [-0.3, -0.25) is 4.79 Å². The highest BCUT2D eigenvalue weighted by Crippen LogP contribution is 2.36. The summed E-state index contributed by atoms with van der Waals surface area (Å²) < 4.78 is 2.14. The lowest BCUT2D eigenvalue weighted by Crippen LogP contribution is -2.04. The summed E-state index contributed by atoms with van der Waals surface area (Å²) in [6.07, 6.45) is 10.2. The zero-order valence-corrected chi connectivity index (χ0v) is 8.67. The van der Waals surface area contributed by atoms with Crippen molar-refractivity contribution in [3.8, 4) is 0 Å². The van der Waals surface area contributed by atoms with E-state index >= 15 is 0 Å². The summed E-state index contributed by atoms with van der Waals surface area (Å²) in [5.41, 5.74) is 0. The van der Waals surface area contributed by atoms with Gasteiger partial charge in [0.05, 0.1) is 6.33 Å². The van der Waals surface area contributed by atoms with Gasteiger partial charge in [0.1, 0.15) is 0 Å². The van der Waals surface area contributed by atoms with Crippen LogP contribution < -0.4 is 0 Å². The van der Waals surface area contributed by atoms with E-state index in [0.717, 1.165) is 25.7 Å². The second-order valence-corrected chi connectivity index (χ2v) is 4.28. The van der Waals surface area contributed by atoms with E-state index in [1.54, 1.807) is 6.20 Å². The van der Waals surface area contributed by atoms with Gasteiger partial charge in [-0.25, -0.2) is 4.98 Å². The fraction of sp³-hybridized carbons (Fsp3) is 0.636. The first-order valence-corrected chi connectivity index (χ1v) is 5.45. The molecule has 1 saturated carbocycles. The topological polar surface area (TPSA) is 55.1 Å². The average molecular weight is 208 g/mol. The molecule has 15 heavy (non-hydrogen) atoms. The first-order valence-electron chi connectivity index (χ1n) is 5.45. The lowest BCUT2D eigenvalue weighted by molar-refractivity contribution is -0.137. The van der Waals surface area contributed by atoms with Crippen LogP contribution in [-0.2, 0) is 4.79 Å². The summed E-state index contributed by atoms with van der Waals surface area (Å²) in [6, 6.07) is 0.534. The SMILES string of the molecule is O=C(O)CCC1CCC(n2ccnc2)C1. The van der Waals surface area contributed by atoms with Gasteiger partial charge in [-0.05, 0) is 31.6 Å². The molecule has 4 nitrogen and oxygen atoms in total.